The molecule has 0 fully saturated rings. The quantitative estimate of drug-likeness (QED) is 0.802. The van der Waals surface area contributed by atoms with Gasteiger partial charge in [0.25, 0.3) is 0 Å². The fourth-order valence-corrected chi connectivity index (χ4v) is 1.36. The minimum Gasteiger partial charge on any atom is -0.493 e. The lowest BCUT2D eigenvalue weighted by molar-refractivity contribution is 0.0998. The van der Waals surface area contributed by atoms with Gasteiger partial charge in [-0.05, 0) is 13.0 Å². The van der Waals surface area contributed by atoms with Crippen molar-refractivity contribution in [3.05, 3.63) is 23.0 Å². The summed E-state index contributed by atoms with van der Waals surface area (Å²) in [6, 6.07) is 1.33. The molecule has 90 valence electrons. The van der Waals surface area contributed by atoms with Crippen LogP contribution in [0.1, 0.15) is 15.9 Å². The van der Waals surface area contributed by atoms with Gasteiger partial charge in [-0.15, -0.1) is 6.42 Å². The first-order valence-corrected chi connectivity index (χ1v) is 4.76. The van der Waals surface area contributed by atoms with Crippen LogP contribution in [0.25, 0.3) is 0 Å². The maximum Gasteiger partial charge on any atom is 0.249 e. The summed E-state index contributed by atoms with van der Waals surface area (Å²) in [6.45, 7) is 1.33. The number of terminal acetylenes is 1. The highest BCUT2D eigenvalue weighted by molar-refractivity contribution is 5.95. The number of carbonyl (C=O) groups excluding carboxylic acids is 1. The number of primary amides is 1. The van der Waals surface area contributed by atoms with Gasteiger partial charge in [-0.2, -0.15) is 0 Å². The molecule has 1 amide bonds. The third-order valence-corrected chi connectivity index (χ3v) is 2.22. The van der Waals surface area contributed by atoms with E-state index in [4.69, 9.17) is 21.6 Å². The normalized spacial score (nSPS) is 9.53. The Kier molecular flexibility index (Phi) is 3.94. The molecular weight excluding hydrogens is 225 g/mol. The number of hydrogen-bond donors (Lipinski definition) is 1. The molecular formula is C12H12FNO3. The minimum atomic E-state index is -0.733. The Bertz CT molecular complexity index is 492. The summed E-state index contributed by atoms with van der Waals surface area (Å²) in [5.74, 6) is 0.745. The lowest BCUT2D eigenvalue weighted by Gasteiger charge is -2.13. The first kappa shape index (κ1) is 12.8. The zero-order chi connectivity index (χ0) is 13.0. The Balaban J connectivity index is 3.36. The van der Waals surface area contributed by atoms with Crippen molar-refractivity contribution in [2.75, 3.05) is 13.7 Å². The summed E-state index contributed by atoms with van der Waals surface area (Å²) in [5.41, 5.74) is 5.27. The molecule has 17 heavy (non-hydrogen) atoms. The molecule has 0 saturated carbocycles. The first-order chi connectivity index (χ1) is 8.02. The van der Waals surface area contributed by atoms with Gasteiger partial charge in [-0.25, -0.2) is 4.39 Å². The van der Waals surface area contributed by atoms with E-state index in [9.17, 15) is 9.18 Å². The highest BCUT2D eigenvalue weighted by atomic mass is 19.1. The maximum atomic E-state index is 13.9. The monoisotopic (exact) mass is 237 g/mol. The van der Waals surface area contributed by atoms with Crippen LogP contribution in [-0.4, -0.2) is 19.6 Å². The van der Waals surface area contributed by atoms with Crippen molar-refractivity contribution in [2.45, 2.75) is 6.92 Å². The van der Waals surface area contributed by atoms with Gasteiger partial charge >= 0.3 is 0 Å². The molecule has 2 N–H and O–H groups in total. The molecule has 0 aliphatic rings. The van der Waals surface area contributed by atoms with Gasteiger partial charge < -0.3 is 15.2 Å². The second-order valence-electron chi connectivity index (χ2n) is 3.25. The van der Waals surface area contributed by atoms with Crippen molar-refractivity contribution < 1.29 is 18.7 Å². The summed E-state index contributed by atoms with van der Waals surface area (Å²) in [5, 5.41) is 0. The van der Waals surface area contributed by atoms with Crippen molar-refractivity contribution in [3.8, 4) is 23.8 Å². The molecule has 0 radical (unpaired) electrons. The smallest absolute Gasteiger partial charge is 0.249 e. The Morgan fingerprint density at radius 1 is 1.65 bits per heavy atom. The standard InChI is InChI=1S/C12H12FNO3/c1-4-5-17-11-9(16-3)6-8(12(14)15)7(2)10(11)13/h1,6H,5H2,2-3H3,(H2,14,15). The van der Waals surface area contributed by atoms with E-state index < -0.39 is 11.7 Å². The third-order valence-electron chi connectivity index (χ3n) is 2.22. The maximum absolute atomic E-state index is 13.9. The summed E-state index contributed by atoms with van der Waals surface area (Å²) < 4.78 is 23.9. The fraction of sp³-hybridized carbons (Fsp3) is 0.250. The average molecular weight is 237 g/mol. The lowest BCUT2D eigenvalue weighted by Crippen LogP contribution is -2.14. The Hall–Kier alpha value is -2.22. The Morgan fingerprint density at radius 3 is 2.76 bits per heavy atom. The number of ether oxygens (including phenoxy) is 2. The molecule has 1 aromatic carbocycles. The van der Waals surface area contributed by atoms with E-state index in [-0.39, 0.29) is 29.2 Å². The van der Waals surface area contributed by atoms with E-state index in [0.29, 0.717) is 0 Å². The van der Waals surface area contributed by atoms with Crippen molar-refractivity contribution in [3.63, 3.8) is 0 Å². The van der Waals surface area contributed by atoms with Crippen LogP contribution < -0.4 is 15.2 Å². The number of nitrogens with two attached hydrogens (primary N) is 1. The van der Waals surface area contributed by atoms with Gasteiger partial charge in [0.15, 0.2) is 17.3 Å². The molecule has 0 bridgehead atoms. The predicted octanol–water partition coefficient (Wildman–Crippen LogP) is 1.25. The molecule has 1 aromatic rings. The van der Waals surface area contributed by atoms with Gasteiger partial charge in [0, 0.05) is 11.1 Å². The van der Waals surface area contributed by atoms with Crippen molar-refractivity contribution >= 4 is 5.91 Å². The SMILES string of the molecule is C#CCOc1c(OC)cc(C(N)=O)c(C)c1F. The number of methoxy groups -OCH3 is 1. The highest BCUT2D eigenvalue weighted by Gasteiger charge is 2.19. The zero-order valence-electron chi connectivity index (χ0n) is 9.54. The number of halogens is 1. The molecule has 0 aliphatic heterocycles. The van der Waals surface area contributed by atoms with E-state index in [0.717, 1.165) is 0 Å². The van der Waals surface area contributed by atoms with Crippen LogP contribution in [0.5, 0.6) is 11.5 Å². The van der Waals surface area contributed by atoms with E-state index in [1.54, 1.807) is 0 Å². The third kappa shape index (κ3) is 2.48. The molecule has 0 spiro atoms. The number of hydrogen-bond acceptors (Lipinski definition) is 3. The van der Waals surface area contributed by atoms with E-state index in [1.165, 1.54) is 20.1 Å². The highest BCUT2D eigenvalue weighted by Crippen LogP contribution is 2.34. The topological polar surface area (TPSA) is 61.6 Å². The van der Waals surface area contributed by atoms with E-state index in [2.05, 4.69) is 5.92 Å². The molecule has 0 heterocycles. The molecule has 0 saturated heterocycles. The van der Waals surface area contributed by atoms with E-state index >= 15 is 0 Å². The van der Waals surface area contributed by atoms with Crippen LogP contribution in [0.3, 0.4) is 0 Å². The second kappa shape index (κ2) is 5.21. The first-order valence-electron chi connectivity index (χ1n) is 4.76. The van der Waals surface area contributed by atoms with Crippen LogP contribution >= 0.6 is 0 Å². The summed E-state index contributed by atoms with van der Waals surface area (Å²) >= 11 is 0. The summed E-state index contributed by atoms with van der Waals surface area (Å²) in [7, 11) is 1.33. The molecule has 0 aromatic heterocycles. The van der Waals surface area contributed by atoms with E-state index in [1.807, 2.05) is 0 Å². The van der Waals surface area contributed by atoms with Gasteiger partial charge in [-0.1, -0.05) is 5.92 Å². The van der Waals surface area contributed by atoms with Crippen LogP contribution in [-0.2, 0) is 0 Å². The van der Waals surface area contributed by atoms with Crippen LogP contribution in [0, 0.1) is 25.1 Å². The van der Waals surface area contributed by atoms with Gasteiger partial charge in [0.2, 0.25) is 5.91 Å². The summed E-state index contributed by atoms with van der Waals surface area (Å²) in [4.78, 5) is 11.1. The average Bonchev–Trinajstić information content (AvgIpc) is 2.30. The second-order valence-corrected chi connectivity index (χ2v) is 3.25. The number of amides is 1. The van der Waals surface area contributed by atoms with Crippen LogP contribution in [0.4, 0.5) is 4.39 Å². The van der Waals surface area contributed by atoms with Crippen molar-refractivity contribution in [1.29, 1.82) is 0 Å². The Labute approximate surface area is 98.5 Å². The summed E-state index contributed by atoms with van der Waals surface area (Å²) in [6.07, 6.45) is 5.02. The molecule has 4 nitrogen and oxygen atoms in total. The largest absolute Gasteiger partial charge is 0.493 e. The van der Waals surface area contributed by atoms with Gasteiger partial charge in [0.05, 0.1) is 7.11 Å². The fourth-order valence-electron chi connectivity index (χ4n) is 1.36. The van der Waals surface area contributed by atoms with Crippen LogP contribution in [0.2, 0.25) is 0 Å². The number of benzene rings is 1. The zero-order valence-corrected chi connectivity index (χ0v) is 9.54. The molecule has 1 rings (SSSR count). The van der Waals surface area contributed by atoms with Gasteiger partial charge in [-0.3, -0.25) is 4.79 Å². The van der Waals surface area contributed by atoms with Gasteiger partial charge in [0.1, 0.15) is 6.61 Å². The lowest BCUT2D eigenvalue weighted by atomic mass is 10.1. The Morgan fingerprint density at radius 2 is 2.29 bits per heavy atom. The van der Waals surface area contributed by atoms with Crippen molar-refractivity contribution in [1.82, 2.24) is 0 Å². The van der Waals surface area contributed by atoms with Crippen LogP contribution in [0.15, 0.2) is 6.07 Å². The minimum absolute atomic E-state index is 0.0485. The molecule has 5 heteroatoms. The molecule has 0 atom stereocenters. The number of rotatable bonds is 4. The number of carbonyl (C=O) groups is 1. The molecule has 0 unspecified atom stereocenters. The van der Waals surface area contributed by atoms with Crippen molar-refractivity contribution in [2.24, 2.45) is 5.73 Å². The predicted molar refractivity (Wildman–Crippen MR) is 60.5 cm³/mol. The molecule has 0 aliphatic carbocycles.